The van der Waals surface area contributed by atoms with Gasteiger partial charge in [0.1, 0.15) is 6.04 Å². The number of carbonyl (C=O) groups excluding carboxylic acids is 1. The van der Waals surface area contributed by atoms with E-state index in [9.17, 15) is 24.6 Å². The van der Waals surface area contributed by atoms with Crippen molar-refractivity contribution in [3.63, 3.8) is 0 Å². The number of nitrogens with one attached hydrogen (secondary N) is 1. The summed E-state index contributed by atoms with van der Waals surface area (Å²) in [6.07, 6.45) is 7.04. The molecule has 0 saturated heterocycles. The number of amides is 1. The highest BCUT2D eigenvalue weighted by Crippen LogP contribution is 2.21. The van der Waals surface area contributed by atoms with E-state index in [1.54, 1.807) is 0 Å². The van der Waals surface area contributed by atoms with E-state index < -0.39 is 23.9 Å². The Bertz CT molecular complexity index is 862. The van der Waals surface area contributed by atoms with Crippen LogP contribution in [0.25, 0.3) is 0 Å². The average molecular weight is 388 g/mol. The van der Waals surface area contributed by atoms with Crippen LogP contribution in [0.15, 0.2) is 30.7 Å². The first kappa shape index (κ1) is 20.9. The number of anilines is 2. The number of aromatic nitrogens is 2. The number of nitrogens with zero attached hydrogens (tertiary/aromatic N) is 2. The van der Waals surface area contributed by atoms with Crippen molar-refractivity contribution in [2.75, 3.05) is 11.1 Å². The molecular weight excluding hydrogens is 364 g/mol. The Kier molecular flexibility index (Phi) is 7.14. The van der Waals surface area contributed by atoms with E-state index in [1.807, 2.05) is 0 Å². The molecule has 0 aliphatic carbocycles. The van der Waals surface area contributed by atoms with Crippen LogP contribution in [0.1, 0.15) is 65.8 Å². The van der Waals surface area contributed by atoms with Crippen molar-refractivity contribution in [1.82, 2.24) is 9.55 Å². The number of benzene rings is 1. The van der Waals surface area contributed by atoms with Crippen molar-refractivity contribution >= 4 is 29.4 Å². The van der Waals surface area contributed by atoms with Crippen molar-refractivity contribution in [1.29, 1.82) is 0 Å². The van der Waals surface area contributed by atoms with Crippen molar-refractivity contribution in [2.45, 2.75) is 45.1 Å². The molecule has 2 aromatic rings. The number of nitrogens with two attached hydrogens (primary N) is 1. The molecule has 1 aromatic carbocycles. The maximum atomic E-state index is 12.5. The minimum atomic E-state index is -1.31. The van der Waals surface area contributed by atoms with Gasteiger partial charge in [-0.05, 0) is 18.6 Å². The minimum Gasteiger partial charge on any atom is -0.480 e. The molecule has 150 valence electrons. The van der Waals surface area contributed by atoms with Gasteiger partial charge in [-0.2, -0.15) is 0 Å². The van der Waals surface area contributed by atoms with Crippen molar-refractivity contribution < 1.29 is 24.6 Å². The summed E-state index contributed by atoms with van der Waals surface area (Å²) in [5.74, 6) is -2.85. The van der Waals surface area contributed by atoms with E-state index in [0.717, 1.165) is 25.7 Å². The van der Waals surface area contributed by atoms with Gasteiger partial charge in [0, 0.05) is 11.9 Å². The molecule has 5 N–H and O–H groups in total. The predicted molar refractivity (Wildman–Crippen MR) is 103 cm³/mol. The molecule has 28 heavy (non-hydrogen) atoms. The zero-order valence-corrected chi connectivity index (χ0v) is 15.6. The number of carboxylic acid groups (broad SMARTS) is 2. The van der Waals surface area contributed by atoms with E-state index >= 15 is 0 Å². The van der Waals surface area contributed by atoms with Gasteiger partial charge in [0.2, 0.25) is 0 Å². The summed E-state index contributed by atoms with van der Waals surface area (Å²) in [6.45, 7) is 2.08. The number of hydrogen-bond donors (Lipinski definition) is 4. The standard InChI is InChI=1S/C19H24N4O5/c1-2-3-4-5-9-14(18(25)26)23-10-15(21-11-23)22-17(24)12-7-6-8-13(20)16(12)19(27)28/h6-8,10-11,14H,2-5,9,20H2,1H3,(H,22,24)(H,25,26)(H,27,28). The van der Waals surface area contributed by atoms with Crippen LogP contribution in [0.5, 0.6) is 0 Å². The van der Waals surface area contributed by atoms with Crippen LogP contribution in [0.2, 0.25) is 0 Å². The second-order valence-electron chi connectivity index (χ2n) is 6.44. The Balaban J connectivity index is 2.13. The van der Waals surface area contributed by atoms with E-state index in [-0.39, 0.29) is 22.6 Å². The summed E-state index contributed by atoms with van der Waals surface area (Å²) >= 11 is 0. The van der Waals surface area contributed by atoms with Crippen molar-refractivity contribution in [2.24, 2.45) is 0 Å². The Morgan fingerprint density at radius 3 is 2.61 bits per heavy atom. The SMILES string of the molecule is CCCCCCC(C(=O)O)n1cnc(NC(=O)c2cccc(N)c2C(=O)O)c1. The van der Waals surface area contributed by atoms with Crippen molar-refractivity contribution in [3.8, 4) is 0 Å². The lowest BCUT2D eigenvalue weighted by Gasteiger charge is -2.13. The van der Waals surface area contributed by atoms with E-state index in [0.29, 0.717) is 6.42 Å². The zero-order chi connectivity index (χ0) is 20.7. The number of carbonyl (C=O) groups is 3. The van der Waals surface area contributed by atoms with Gasteiger partial charge in [0.05, 0.1) is 17.5 Å². The molecule has 9 nitrogen and oxygen atoms in total. The number of carboxylic acids is 2. The van der Waals surface area contributed by atoms with Crippen LogP contribution in [0.3, 0.4) is 0 Å². The summed E-state index contributed by atoms with van der Waals surface area (Å²) in [4.78, 5) is 39.4. The van der Waals surface area contributed by atoms with Crippen LogP contribution >= 0.6 is 0 Å². The monoisotopic (exact) mass is 388 g/mol. The molecular formula is C19H24N4O5. The second-order valence-corrected chi connectivity index (χ2v) is 6.44. The van der Waals surface area contributed by atoms with Crippen LogP contribution in [0, 0.1) is 0 Å². The van der Waals surface area contributed by atoms with Gasteiger partial charge >= 0.3 is 11.9 Å². The third-order valence-electron chi connectivity index (χ3n) is 4.37. The molecule has 1 heterocycles. The molecule has 1 atom stereocenters. The molecule has 0 radical (unpaired) electrons. The Morgan fingerprint density at radius 1 is 1.21 bits per heavy atom. The van der Waals surface area contributed by atoms with Crippen LogP contribution in [-0.2, 0) is 4.79 Å². The summed E-state index contributed by atoms with van der Waals surface area (Å²) in [5, 5.41) is 21.2. The lowest BCUT2D eigenvalue weighted by molar-refractivity contribution is -0.141. The van der Waals surface area contributed by atoms with Gasteiger partial charge in [-0.25, -0.2) is 14.6 Å². The van der Waals surface area contributed by atoms with Gasteiger partial charge in [0.15, 0.2) is 5.82 Å². The topological polar surface area (TPSA) is 148 Å². The molecule has 1 aromatic heterocycles. The molecule has 0 saturated carbocycles. The molecule has 0 aliphatic heterocycles. The fourth-order valence-electron chi connectivity index (χ4n) is 2.92. The van der Waals surface area contributed by atoms with Crippen LogP contribution in [0.4, 0.5) is 11.5 Å². The van der Waals surface area contributed by atoms with Crippen molar-refractivity contribution in [3.05, 3.63) is 41.9 Å². The highest BCUT2D eigenvalue weighted by atomic mass is 16.4. The first-order chi connectivity index (χ1) is 13.3. The van der Waals surface area contributed by atoms with Gasteiger partial charge < -0.3 is 25.8 Å². The minimum absolute atomic E-state index is 0.0244. The largest absolute Gasteiger partial charge is 0.480 e. The molecule has 1 unspecified atom stereocenters. The first-order valence-corrected chi connectivity index (χ1v) is 9.04. The summed E-state index contributed by atoms with van der Waals surface area (Å²) in [6, 6.07) is 3.44. The predicted octanol–water partition coefficient (Wildman–Crippen LogP) is 3.01. The fourth-order valence-corrected chi connectivity index (χ4v) is 2.92. The number of rotatable bonds is 10. The molecule has 0 spiro atoms. The average Bonchev–Trinajstić information content (AvgIpc) is 3.08. The molecule has 0 aliphatic rings. The number of hydrogen-bond acceptors (Lipinski definition) is 5. The lowest BCUT2D eigenvalue weighted by Crippen LogP contribution is -2.19. The van der Waals surface area contributed by atoms with Gasteiger partial charge in [0.25, 0.3) is 5.91 Å². The molecule has 1 amide bonds. The molecule has 9 heteroatoms. The second kappa shape index (κ2) is 9.54. The highest BCUT2D eigenvalue weighted by molar-refractivity contribution is 6.12. The zero-order valence-electron chi connectivity index (χ0n) is 15.6. The summed E-state index contributed by atoms with van der Waals surface area (Å²) < 4.78 is 1.43. The Labute approximate surface area is 162 Å². The summed E-state index contributed by atoms with van der Waals surface area (Å²) in [5.41, 5.74) is 5.24. The number of aromatic carboxylic acids is 1. The molecule has 2 rings (SSSR count). The maximum absolute atomic E-state index is 12.5. The van der Waals surface area contributed by atoms with Crippen LogP contribution < -0.4 is 11.1 Å². The quantitative estimate of drug-likeness (QED) is 0.361. The fraction of sp³-hybridized carbons (Fsp3) is 0.368. The van der Waals surface area contributed by atoms with Crippen LogP contribution in [-0.4, -0.2) is 37.6 Å². The third-order valence-corrected chi connectivity index (χ3v) is 4.37. The number of nitrogen functional groups attached to an aromatic ring is 1. The van der Waals surface area contributed by atoms with E-state index in [2.05, 4.69) is 17.2 Å². The van der Waals surface area contributed by atoms with E-state index in [1.165, 1.54) is 35.3 Å². The number of unbranched alkanes of at least 4 members (excludes halogenated alkanes) is 3. The number of imidazole rings is 1. The third kappa shape index (κ3) is 5.09. The van der Waals surface area contributed by atoms with Gasteiger partial charge in [-0.3, -0.25) is 4.79 Å². The molecule has 0 bridgehead atoms. The number of aliphatic carboxylic acids is 1. The normalized spacial score (nSPS) is 11.8. The highest BCUT2D eigenvalue weighted by Gasteiger charge is 2.22. The lowest BCUT2D eigenvalue weighted by atomic mass is 10.0. The maximum Gasteiger partial charge on any atom is 0.338 e. The first-order valence-electron chi connectivity index (χ1n) is 9.04. The summed E-state index contributed by atoms with van der Waals surface area (Å²) in [7, 11) is 0. The smallest absolute Gasteiger partial charge is 0.338 e. The van der Waals surface area contributed by atoms with Gasteiger partial charge in [-0.1, -0.05) is 38.7 Å². The Hall–Kier alpha value is -3.36. The Morgan fingerprint density at radius 2 is 1.96 bits per heavy atom. The van der Waals surface area contributed by atoms with Gasteiger partial charge in [-0.15, -0.1) is 0 Å². The molecule has 0 fully saturated rings. The van der Waals surface area contributed by atoms with E-state index in [4.69, 9.17) is 5.73 Å².